The Bertz CT molecular complexity index is 1700. The Morgan fingerprint density at radius 2 is 0.523 bits per heavy atom. The molecule has 0 aromatic heterocycles. The van der Waals surface area contributed by atoms with Crippen LogP contribution in [-0.2, 0) is 65.4 Å². The van der Waals surface area contributed by atoms with Gasteiger partial charge in [-0.25, -0.2) is 9.13 Å². The van der Waals surface area contributed by atoms with Crippen molar-refractivity contribution in [2.45, 2.75) is 374 Å². The molecule has 0 aliphatic carbocycles. The maximum atomic E-state index is 13.0. The van der Waals surface area contributed by atoms with Crippen molar-refractivity contribution in [3.05, 3.63) is 0 Å². The second kappa shape index (κ2) is 62.5. The van der Waals surface area contributed by atoms with E-state index in [0.29, 0.717) is 25.7 Å². The van der Waals surface area contributed by atoms with E-state index in [1.54, 1.807) is 0 Å². The van der Waals surface area contributed by atoms with Crippen LogP contribution in [0.15, 0.2) is 0 Å². The molecule has 88 heavy (non-hydrogen) atoms. The summed E-state index contributed by atoms with van der Waals surface area (Å²) in [4.78, 5) is 72.2. The fourth-order valence-corrected chi connectivity index (χ4v) is 12.0. The SMILES string of the molecule is CCCCCCCCCCCCCCCCCCCCC(=O)O[C@H](COC(=O)CCCCCCCCCCCCCCCC)COP(=O)(O)OC[C@@H](O)COP(=O)(O)OC[C@@H](COC(=O)CCCCCCC)OC(=O)CCCCCCCCCCC(C)C. The van der Waals surface area contributed by atoms with Crippen molar-refractivity contribution in [3.63, 3.8) is 0 Å². The van der Waals surface area contributed by atoms with Crippen LogP contribution in [0.4, 0.5) is 0 Å². The molecule has 0 rings (SSSR count). The summed E-state index contributed by atoms with van der Waals surface area (Å²) in [6, 6.07) is 0. The number of phosphoric ester groups is 2. The fourth-order valence-electron chi connectivity index (χ4n) is 10.5. The Balaban J connectivity index is 5.15. The lowest BCUT2D eigenvalue weighted by molar-refractivity contribution is -0.161. The standard InChI is InChI=1S/C69H134O17P2/c1-6-9-12-15-17-19-21-23-25-26-27-28-30-32-34-39-44-49-54-68(73)86-65(59-80-67(72)53-48-43-38-33-31-29-24-22-20-18-16-13-10-7-2)61-84-88(77,78)82-57-63(70)56-81-87(75,76)83-60-64(58-79-66(71)52-47-41-14-11-8-3)85-69(74)55-50-45-40-36-35-37-42-46-51-62(4)5/h62-65,70H,6-61H2,1-5H3,(H,75,76)(H,77,78)/t63-,64+,65+/m0/s1. The molecule has 0 radical (unpaired) electrons. The molecule has 2 unspecified atom stereocenters. The zero-order chi connectivity index (χ0) is 64.9. The van der Waals surface area contributed by atoms with Gasteiger partial charge in [0.2, 0.25) is 0 Å². The predicted molar refractivity (Wildman–Crippen MR) is 354 cm³/mol. The molecule has 0 aliphatic rings. The highest BCUT2D eigenvalue weighted by molar-refractivity contribution is 7.47. The lowest BCUT2D eigenvalue weighted by Crippen LogP contribution is -2.30. The second-order valence-electron chi connectivity index (χ2n) is 25.4. The second-order valence-corrected chi connectivity index (χ2v) is 28.3. The largest absolute Gasteiger partial charge is 0.472 e. The van der Waals surface area contributed by atoms with Gasteiger partial charge in [0.1, 0.15) is 19.3 Å². The van der Waals surface area contributed by atoms with Gasteiger partial charge < -0.3 is 33.8 Å². The van der Waals surface area contributed by atoms with Crippen LogP contribution in [0.25, 0.3) is 0 Å². The number of hydrogen-bond donors (Lipinski definition) is 3. The molecule has 3 N–H and O–H groups in total. The number of unbranched alkanes of at least 4 members (excludes halogenated alkanes) is 41. The Morgan fingerprint density at radius 3 is 0.773 bits per heavy atom. The van der Waals surface area contributed by atoms with E-state index in [1.165, 1.54) is 173 Å². The molecule has 17 nitrogen and oxygen atoms in total. The molecule has 0 bridgehead atoms. The summed E-state index contributed by atoms with van der Waals surface area (Å²) in [5.74, 6) is -1.42. The summed E-state index contributed by atoms with van der Waals surface area (Å²) in [5.41, 5.74) is 0. The topological polar surface area (TPSA) is 237 Å². The van der Waals surface area contributed by atoms with Gasteiger partial charge in [0, 0.05) is 25.7 Å². The minimum Gasteiger partial charge on any atom is -0.462 e. The lowest BCUT2D eigenvalue weighted by atomic mass is 10.0. The van der Waals surface area contributed by atoms with Gasteiger partial charge in [-0.2, -0.15) is 0 Å². The molecule has 19 heteroatoms. The zero-order valence-corrected chi connectivity index (χ0v) is 58.6. The van der Waals surface area contributed by atoms with Crippen LogP contribution in [0.2, 0.25) is 0 Å². The lowest BCUT2D eigenvalue weighted by Gasteiger charge is -2.21. The average molecular weight is 1300 g/mol. The van der Waals surface area contributed by atoms with Gasteiger partial charge >= 0.3 is 39.5 Å². The molecule has 0 aliphatic heterocycles. The molecule has 0 amide bonds. The molecule has 522 valence electrons. The Labute approximate surface area is 537 Å². The van der Waals surface area contributed by atoms with Crippen LogP contribution in [0.1, 0.15) is 356 Å². The third-order valence-corrected chi connectivity index (χ3v) is 17.9. The van der Waals surface area contributed by atoms with E-state index in [1.807, 2.05) is 0 Å². The molecule has 5 atom stereocenters. The first-order chi connectivity index (χ1) is 42.5. The van der Waals surface area contributed by atoms with Crippen molar-refractivity contribution in [2.75, 3.05) is 39.6 Å². The Hall–Kier alpha value is -1.94. The summed E-state index contributed by atoms with van der Waals surface area (Å²) < 4.78 is 68.0. The number of ether oxygens (including phenoxy) is 4. The number of aliphatic hydroxyl groups is 1. The van der Waals surface area contributed by atoms with Gasteiger partial charge in [0.25, 0.3) is 0 Å². The first-order valence-corrected chi connectivity index (χ1v) is 39.1. The van der Waals surface area contributed by atoms with Crippen LogP contribution in [0, 0.1) is 5.92 Å². The van der Waals surface area contributed by atoms with E-state index >= 15 is 0 Å². The van der Waals surface area contributed by atoms with E-state index in [-0.39, 0.29) is 25.7 Å². The average Bonchev–Trinajstić information content (AvgIpc) is 3.53. The zero-order valence-electron chi connectivity index (χ0n) is 56.9. The predicted octanol–water partition coefficient (Wildman–Crippen LogP) is 19.7. The third kappa shape index (κ3) is 62.8. The van der Waals surface area contributed by atoms with E-state index in [9.17, 15) is 43.2 Å². The van der Waals surface area contributed by atoms with Crippen molar-refractivity contribution >= 4 is 39.5 Å². The van der Waals surface area contributed by atoms with E-state index in [0.717, 1.165) is 102 Å². The summed E-state index contributed by atoms with van der Waals surface area (Å²) in [5, 5.41) is 10.5. The normalized spacial score (nSPS) is 14.1. The quantitative estimate of drug-likeness (QED) is 0.0222. The monoisotopic (exact) mass is 1300 g/mol. The summed E-state index contributed by atoms with van der Waals surface area (Å²) in [6.07, 6.45) is 49.0. The number of aliphatic hydroxyl groups excluding tert-OH is 1. The molecule has 0 saturated heterocycles. The van der Waals surface area contributed by atoms with E-state index in [2.05, 4.69) is 34.6 Å². The molecule has 0 fully saturated rings. The fraction of sp³-hybridized carbons (Fsp3) is 0.942. The third-order valence-electron chi connectivity index (χ3n) is 16.0. The first kappa shape index (κ1) is 86.1. The molecular formula is C69H134O17P2. The highest BCUT2D eigenvalue weighted by atomic mass is 31.2. The number of rotatable bonds is 69. The minimum absolute atomic E-state index is 0.104. The molecule has 0 aromatic rings. The molecular weight excluding hydrogens is 1160 g/mol. The van der Waals surface area contributed by atoms with Crippen molar-refractivity contribution in [1.82, 2.24) is 0 Å². The van der Waals surface area contributed by atoms with E-state index in [4.69, 9.17) is 37.0 Å². The maximum absolute atomic E-state index is 13.0. The molecule has 0 spiro atoms. The van der Waals surface area contributed by atoms with Gasteiger partial charge in [0.05, 0.1) is 26.4 Å². The minimum atomic E-state index is -4.95. The summed E-state index contributed by atoms with van der Waals surface area (Å²) in [6.45, 7) is 7.11. The van der Waals surface area contributed by atoms with Gasteiger partial charge in [-0.3, -0.25) is 37.3 Å². The van der Waals surface area contributed by atoms with Crippen molar-refractivity contribution < 1.29 is 80.2 Å². The van der Waals surface area contributed by atoms with Crippen LogP contribution in [0.5, 0.6) is 0 Å². The number of hydrogen-bond acceptors (Lipinski definition) is 15. The van der Waals surface area contributed by atoms with E-state index < -0.39 is 97.5 Å². The van der Waals surface area contributed by atoms with Crippen LogP contribution < -0.4 is 0 Å². The van der Waals surface area contributed by atoms with Gasteiger partial charge in [-0.1, -0.05) is 304 Å². The van der Waals surface area contributed by atoms with Crippen LogP contribution in [-0.4, -0.2) is 96.7 Å². The van der Waals surface area contributed by atoms with Crippen LogP contribution >= 0.6 is 15.6 Å². The van der Waals surface area contributed by atoms with Crippen LogP contribution in [0.3, 0.4) is 0 Å². The smallest absolute Gasteiger partial charge is 0.462 e. The molecule has 0 heterocycles. The van der Waals surface area contributed by atoms with Gasteiger partial charge in [-0.15, -0.1) is 0 Å². The van der Waals surface area contributed by atoms with Crippen molar-refractivity contribution in [3.8, 4) is 0 Å². The summed E-state index contributed by atoms with van der Waals surface area (Å²) >= 11 is 0. The molecule has 0 aromatic carbocycles. The highest BCUT2D eigenvalue weighted by Gasteiger charge is 2.30. The highest BCUT2D eigenvalue weighted by Crippen LogP contribution is 2.45. The first-order valence-electron chi connectivity index (χ1n) is 36.1. The summed E-state index contributed by atoms with van der Waals surface area (Å²) in [7, 11) is -9.89. The molecule has 0 saturated carbocycles. The Kier molecular flexibility index (Phi) is 61.1. The Morgan fingerprint density at radius 1 is 0.307 bits per heavy atom. The maximum Gasteiger partial charge on any atom is 0.472 e. The number of carbonyl (C=O) groups is 4. The van der Waals surface area contributed by atoms with Crippen molar-refractivity contribution in [2.24, 2.45) is 5.92 Å². The van der Waals surface area contributed by atoms with Crippen molar-refractivity contribution in [1.29, 1.82) is 0 Å². The van der Waals surface area contributed by atoms with Gasteiger partial charge in [-0.05, 0) is 31.6 Å². The number of carbonyl (C=O) groups excluding carboxylic acids is 4. The number of esters is 4. The number of phosphoric acid groups is 2. The van der Waals surface area contributed by atoms with Gasteiger partial charge in [0.15, 0.2) is 12.2 Å².